The van der Waals surface area contributed by atoms with E-state index in [1.165, 1.54) is 6.07 Å². The van der Waals surface area contributed by atoms with Crippen LogP contribution in [0.5, 0.6) is 0 Å². The van der Waals surface area contributed by atoms with E-state index in [0.29, 0.717) is 18.7 Å². The van der Waals surface area contributed by atoms with Gasteiger partial charge in [0.25, 0.3) is 0 Å². The Labute approximate surface area is 115 Å². The average molecular weight is 279 g/mol. The van der Waals surface area contributed by atoms with Crippen LogP contribution in [0.15, 0.2) is 24.5 Å². The molecule has 0 radical (unpaired) electrons. The summed E-state index contributed by atoms with van der Waals surface area (Å²) in [6.07, 6.45) is 2.35. The number of rotatable bonds is 5. The van der Waals surface area contributed by atoms with Crippen molar-refractivity contribution in [2.24, 2.45) is 12.8 Å². The van der Waals surface area contributed by atoms with Gasteiger partial charge in [0.15, 0.2) is 0 Å². The van der Waals surface area contributed by atoms with E-state index in [4.69, 9.17) is 18.0 Å². The number of hydrogen-bond acceptors (Lipinski definition) is 4. The molecule has 2 aromatic rings. The van der Waals surface area contributed by atoms with Gasteiger partial charge in [0, 0.05) is 31.3 Å². The Morgan fingerprint density at radius 1 is 1.53 bits per heavy atom. The largest absolute Gasteiger partial charge is 0.389 e. The lowest BCUT2D eigenvalue weighted by Gasteiger charge is -2.08. The summed E-state index contributed by atoms with van der Waals surface area (Å²) >= 11 is 4.75. The molecule has 2 rings (SSSR count). The van der Waals surface area contributed by atoms with Crippen LogP contribution in [0.2, 0.25) is 0 Å². The van der Waals surface area contributed by atoms with Gasteiger partial charge in [-0.25, -0.2) is 4.39 Å². The molecule has 1 heterocycles. The summed E-state index contributed by atoms with van der Waals surface area (Å²) in [5.41, 5.74) is 6.34. The van der Waals surface area contributed by atoms with Crippen LogP contribution in [-0.4, -0.2) is 26.3 Å². The third kappa shape index (κ3) is 3.25. The Kier molecular flexibility index (Phi) is 4.06. The van der Waals surface area contributed by atoms with Gasteiger partial charge >= 0.3 is 0 Å². The summed E-state index contributed by atoms with van der Waals surface area (Å²) < 4.78 is 15.5. The molecule has 3 N–H and O–H groups in total. The average Bonchev–Trinajstić information content (AvgIpc) is 2.75. The molecule has 100 valence electrons. The van der Waals surface area contributed by atoms with Gasteiger partial charge in [-0.1, -0.05) is 12.2 Å². The Hall–Kier alpha value is -2.02. The van der Waals surface area contributed by atoms with Gasteiger partial charge in [-0.2, -0.15) is 0 Å². The Balaban J connectivity index is 1.95. The zero-order valence-electron chi connectivity index (χ0n) is 10.4. The molecule has 0 atom stereocenters. The van der Waals surface area contributed by atoms with Crippen molar-refractivity contribution in [3.63, 3.8) is 0 Å². The zero-order chi connectivity index (χ0) is 13.8. The molecule has 1 aromatic heterocycles. The minimum atomic E-state index is -0.420. The van der Waals surface area contributed by atoms with E-state index in [9.17, 15) is 4.39 Å². The third-order valence-corrected chi connectivity index (χ3v) is 2.94. The third-order valence-electron chi connectivity index (χ3n) is 2.72. The standard InChI is InChI=1S/C12H14FN5S/c1-18-7-16-17-11(18)4-5-15-8-2-3-9(12(14)19)10(13)6-8/h2-3,6-7,15H,4-5H2,1H3,(H2,14,19). The highest BCUT2D eigenvalue weighted by atomic mass is 32.1. The first-order valence-electron chi connectivity index (χ1n) is 5.74. The number of nitrogens with zero attached hydrogens (tertiary/aromatic N) is 3. The van der Waals surface area contributed by atoms with Crippen LogP contribution in [0, 0.1) is 5.82 Å². The number of hydrogen-bond donors (Lipinski definition) is 2. The molecule has 0 fully saturated rings. The molecule has 19 heavy (non-hydrogen) atoms. The molecule has 1 aromatic carbocycles. The molecule has 0 aliphatic rings. The van der Waals surface area contributed by atoms with Crippen molar-refractivity contribution < 1.29 is 4.39 Å². The highest BCUT2D eigenvalue weighted by molar-refractivity contribution is 7.80. The molecule has 5 nitrogen and oxygen atoms in total. The molecule has 0 aliphatic heterocycles. The van der Waals surface area contributed by atoms with Crippen molar-refractivity contribution in [3.05, 3.63) is 41.7 Å². The van der Waals surface area contributed by atoms with E-state index < -0.39 is 5.82 Å². The van der Waals surface area contributed by atoms with Gasteiger partial charge in [0.1, 0.15) is 23.0 Å². The molecular weight excluding hydrogens is 265 g/mol. The minimum absolute atomic E-state index is 0.0585. The first-order valence-corrected chi connectivity index (χ1v) is 6.15. The van der Waals surface area contributed by atoms with Crippen LogP contribution in [0.1, 0.15) is 11.4 Å². The van der Waals surface area contributed by atoms with Crippen LogP contribution >= 0.6 is 12.2 Å². The summed E-state index contributed by atoms with van der Waals surface area (Å²) in [4.78, 5) is 0.0585. The second-order valence-corrected chi connectivity index (χ2v) is 4.53. The van der Waals surface area contributed by atoms with Crippen LogP contribution in [0.3, 0.4) is 0 Å². The molecule has 0 spiro atoms. The monoisotopic (exact) mass is 279 g/mol. The lowest BCUT2D eigenvalue weighted by Crippen LogP contribution is -2.13. The first kappa shape index (κ1) is 13.4. The van der Waals surface area contributed by atoms with E-state index >= 15 is 0 Å². The maximum absolute atomic E-state index is 13.6. The molecule has 0 amide bonds. The lowest BCUT2D eigenvalue weighted by molar-refractivity contribution is 0.626. The topological polar surface area (TPSA) is 68.8 Å². The van der Waals surface area contributed by atoms with Crippen molar-refractivity contribution in [1.29, 1.82) is 0 Å². The summed E-state index contributed by atoms with van der Waals surface area (Å²) in [5.74, 6) is 0.448. The fourth-order valence-corrected chi connectivity index (χ4v) is 1.84. The number of anilines is 1. The quantitative estimate of drug-likeness (QED) is 0.806. The van der Waals surface area contributed by atoms with E-state index in [1.54, 1.807) is 18.5 Å². The van der Waals surface area contributed by atoms with E-state index in [2.05, 4.69) is 15.5 Å². The number of nitrogens with one attached hydrogen (secondary N) is 1. The molecule has 0 saturated heterocycles. The summed E-state index contributed by atoms with van der Waals surface area (Å²) in [6.45, 7) is 0.637. The maximum atomic E-state index is 13.6. The predicted octanol–water partition coefficient (Wildman–Crippen LogP) is 1.24. The van der Waals surface area contributed by atoms with Crippen molar-refractivity contribution in [3.8, 4) is 0 Å². The summed E-state index contributed by atoms with van der Waals surface area (Å²) in [5, 5.41) is 10.9. The van der Waals surface area contributed by atoms with Gasteiger partial charge < -0.3 is 15.6 Å². The molecule has 7 heteroatoms. The van der Waals surface area contributed by atoms with Gasteiger partial charge in [-0.05, 0) is 18.2 Å². The van der Waals surface area contributed by atoms with Gasteiger partial charge in [-0.3, -0.25) is 0 Å². The molecule has 0 bridgehead atoms. The second kappa shape index (κ2) is 5.75. The number of aromatic nitrogens is 3. The summed E-state index contributed by atoms with van der Waals surface area (Å²) in [6, 6.07) is 4.70. The Morgan fingerprint density at radius 2 is 2.32 bits per heavy atom. The van der Waals surface area contributed by atoms with Crippen molar-refractivity contribution in [2.45, 2.75) is 6.42 Å². The van der Waals surface area contributed by atoms with Crippen LogP contribution in [0.25, 0.3) is 0 Å². The van der Waals surface area contributed by atoms with E-state index in [-0.39, 0.29) is 10.6 Å². The maximum Gasteiger partial charge on any atom is 0.135 e. The van der Waals surface area contributed by atoms with Crippen molar-refractivity contribution in [2.75, 3.05) is 11.9 Å². The molecular formula is C12H14FN5S. The smallest absolute Gasteiger partial charge is 0.135 e. The van der Waals surface area contributed by atoms with Gasteiger partial charge in [-0.15, -0.1) is 10.2 Å². The van der Waals surface area contributed by atoms with Crippen LogP contribution in [-0.2, 0) is 13.5 Å². The highest BCUT2D eigenvalue weighted by Gasteiger charge is 2.06. The minimum Gasteiger partial charge on any atom is -0.389 e. The first-order chi connectivity index (χ1) is 9.08. The normalized spacial score (nSPS) is 10.4. The van der Waals surface area contributed by atoms with Gasteiger partial charge in [0.05, 0.1) is 0 Å². The summed E-state index contributed by atoms with van der Waals surface area (Å²) in [7, 11) is 1.88. The number of benzene rings is 1. The predicted molar refractivity (Wildman–Crippen MR) is 75.5 cm³/mol. The van der Waals surface area contributed by atoms with Crippen LogP contribution in [0.4, 0.5) is 10.1 Å². The van der Waals surface area contributed by atoms with E-state index in [1.807, 2.05) is 11.6 Å². The highest BCUT2D eigenvalue weighted by Crippen LogP contribution is 2.14. The fourth-order valence-electron chi connectivity index (χ4n) is 1.68. The number of halogens is 1. The van der Waals surface area contributed by atoms with Gasteiger partial charge in [0.2, 0.25) is 0 Å². The SMILES string of the molecule is Cn1cnnc1CCNc1ccc(C(N)=S)c(F)c1. The Bertz CT molecular complexity index is 596. The van der Waals surface area contributed by atoms with Crippen molar-refractivity contribution >= 4 is 22.9 Å². The van der Waals surface area contributed by atoms with Crippen molar-refractivity contribution in [1.82, 2.24) is 14.8 Å². The molecule has 0 aliphatic carbocycles. The lowest BCUT2D eigenvalue weighted by atomic mass is 10.2. The molecule has 0 saturated carbocycles. The number of aryl methyl sites for hydroxylation is 1. The number of thiocarbonyl (C=S) groups is 1. The van der Waals surface area contributed by atoms with Crippen LogP contribution < -0.4 is 11.1 Å². The fraction of sp³-hybridized carbons (Fsp3) is 0.250. The Morgan fingerprint density at radius 3 is 2.89 bits per heavy atom. The van der Waals surface area contributed by atoms with E-state index in [0.717, 1.165) is 5.82 Å². The molecule has 0 unspecified atom stereocenters. The number of nitrogens with two attached hydrogens (primary N) is 1. The second-order valence-electron chi connectivity index (χ2n) is 4.09. The zero-order valence-corrected chi connectivity index (χ0v) is 11.2.